The van der Waals surface area contributed by atoms with E-state index >= 15 is 0 Å². The van der Waals surface area contributed by atoms with Gasteiger partial charge in [-0.15, -0.1) is 0 Å². The first-order chi connectivity index (χ1) is 10.8. The van der Waals surface area contributed by atoms with E-state index < -0.39 is 0 Å². The van der Waals surface area contributed by atoms with E-state index in [4.69, 9.17) is 0 Å². The van der Waals surface area contributed by atoms with Crippen molar-refractivity contribution in [3.05, 3.63) is 35.9 Å². The van der Waals surface area contributed by atoms with E-state index in [0.717, 1.165) is 38.9 Å². The van der Waals surface area contributed by atoms with Crippen LogP contribution in [0, 0.1) is 5.92 Å². The molecule has 3 rings (SSSR count). The largest absolute Gasteiger partial charge is 0.339 e. The number of nitrogens with zero attached hydrogens (tertiary/aromatic N) is 1. The molecule has 1 aliphatic carbocycles. The Balaban J connectivity index is 1.64. The van der Waals surface area contributed by atoms with Gasteiger partial charge in [-0.05, 0) is 50.8 Å². The Morgan fingerprint density at radius 2 is 1.73 bits per heavy atom. The molecule has 1 heterocycles. The van der Waals surface area contributed by atoms with E-state index in [0.29, 0.717) is 11.9 Å². The second-order valence-corrected chi connectivity index (χ2v) is 6.73. The second-order valence-electron chi connectivity index (χ2n) is 6.73. The van der Waals surface area contributed by atoms with E-state index in [1.165, 1.54) is 31.2 Å². The van der Waals surface area contributed by atoms with E-state index in [1.54, 1.807) is 0 Å². The van der Waals surface area contributed by atoms with Gasteiger partial charge in [-0.2, -0.15) is 0 Å². The molecule has 120 valence electrons. The van der Waals surface area contributed by atoms with Gasteiger partial charge in [0.15, 0.2) is 0 Å². The maximum atomic E-state index is 13.0. The molecule has 3 nitrogen and oxygen atoms in total. The summed E-state index contributed by atoms with van der Waals surface area (Å²) in [4.78, 5) is 15.2. The van der Waals surface area contributed by atoms with Crippen LogP contribution >= 0.6 is 0 Å². The molecule has 3 heteroatoms. The highest BCUT2D eigenvalue weighted by molar-refractivity contribution is 5.79. The number of amides is 1. The molecule has 1 aliphatic heterocycles. The predicted octanol–water partition coefficient (Wildman–Crippen LogP) is 3.00. The fourth-order valence-corrected chi connectivity index (χ4v) is 3.89. The highest BCUT2D eigenvalue weighted by Crippen LogP contribution is 2.27. The minimum atomic E-state index is 0.248. The second kappa shape index (κ2) is 7.77. The Morgan fingerprint density at radius 3 is 2.41 bits per heavy atom. The number of rotatable bonds is 5. The van der Waals surface area contributed by atoms with Crippen LogP contribution in [0.25, 0.3) is 0 Å². The predicted molar refractivity (Wildman–Crippen MR) is 89.7 cm³/mol. The summed E-state index contributed by atoms with van der Waals surface area (Å²) < 4.78 is 0. The van der Waals surface area contributed by atoms with Crippen molar-refractivity contribution in [1.29, 1.82) is 0 Å². The molecule has 1 N–H and O–H groups in total. The molecule has 22 heavy (non-hydrogen) atoms. The first-order valence-electron chi connectivity index (χ1n) is 8.90. The molecule has 0 atom stereocenters. The van der Waals surface area contributed by atoms with E-state index in [-0.39, 0.29) is 5.92 Å². The molecule has 1 saturated heterocycles. The third-order valence-electron chi connectivity index (χ3n) is 5.22. The number of hydrogen-bond acceptors (Lipinski definition) is 2. The molecule has 0 bridgehead atoms. The van der Waals surface area contributed by atoms with Gasteiger partial charge in [0.25, 0.3) is 0 Å². The molecule has 0 aromatic heterocycles. The van der Waals surface area contributed by atoms with Crippen LogP contribution < -0.4 is 5.32 Å². The summed E-state index contributed by atoms with van der Waals surface area (Å²) in [6, 6.07) is 11.1. The van der Waals surface area contributed by atoms with Gasteiger partial charge >= 0.3 is 0 Å². The number of carbonyl (C=O) groups excluding carboxylic acids is 1. The fraction of sp³-hybridized carbons (Fsp3) is 0.632. The maximum Gasteiger partial charge on any atom is 0.226 e. The highest BCUT2D eigenvalue weighted by atomic mass is 16.2. The van der Waals surface area contributed by atoms with Gasteiger partial charge in [-0.1, -0.05) is 43.2 Å². The van der Waals surface area contributed by atoms with Crippen molar-refractivity contribution in [3.63, 3.8) is 0 Å². The molecule has 0 radical (unpaired) electrons. The number of carbonyl (C=O) groups is 1. The Hall–Kier alpha value is -1.35. The molecular weight excluding hydrogens is 272 g/mol. The first-order valence-corrected chi connectivity index (χ1v) is 8.90. The lowest BCUT2D eigenvalue weighted by atomic mass is 9.95. The summed E-state index contributed by atoms with van der Waals surface area (Å²) in [6.45, 7) is 2.87. The molecule has 2 fully saturated rings. The van der Waals surface area contributed by atoms with Crippen molar-refractivity contribution >= 4 is 5.91 Å². The molecule has 1 aromatic carbocycles. The smallest absolute Gasteiger partial charge is 0.226 e. The zero-order valence-electron chi connectivity index (χ0n) is 13.5. The third kappa shape index (κ3) is 3.89. The van der Waals surface area contributed by atoms with Gasteiger partial charge in [-0.25, -0.2) is 0 Å². The van der Waals surface area contributed by atoms with E-state index in [2.05, 4.69) is 40.5 Å². The monoisotopic (exact) mass is 300 g/mol. The highest BCUT2D eigenvalue weighted by Gasteiger charge is 2.31. The van der Waals surface area contributed by atoms with Crippen LogP contribution in [0.5, 0.6) is 0 Å². The standard InChI is InChI=1S/C19H28N2O/c22-19(17-10-13-20-14-11-17)21(18-8-4-5-9-18)15-12-16-6-2-1-3-7-16/h1-3,6-7,17-18,20H,4-5,8-15H2. The number of benzene rings is 1. The molecular formula is C19H28N2O. The van der Waals surface area contributed by atoms with Crippen LogP contribution in [-0.4, -0.2) is 36.5 Å². The van der Waals surface area contributed by atoms with E-state index in [9.17, 15) is 4.79 Å². The van der Waals surface area contributed by atoms with Crippen molar-refractivity contribution in [2.45, 2.75) is 51.0 Å². The number of hydrogen-bond donors (Lipinski definition) is 1. The SMILES string of the molecule is O=C(C1CCNCC1)N(CCc1ccccc1)C1CCCC1. The van der Waals surface area contributed by atoms with Crippen LogP contribution in [0.4, 0.5) is 0 Å². The van der Waals surface area contributed by atoms with Gasteiger partial charge in [-0.3, -0.25) is 4.79 Å². The topological polar surface area (TPSA) is 32.3 Å². The number of piperidine rings is 1. The van der Waals surface area contributed by atoms with Crippen molar-refractivity contribution in [2.75, 3.05) is 19.6 Å². The number of nitrogens with one attached hydrogen (secondary N) is 1. The summed E-state index contributed by atoms with van der Waals surface area (Å²) in [5.41, 5.74) is 1.34. The van der Waals surface area contributed by atoms with Crippen molar-refractivity contribution in [2.24, 2.45) is 5.92 Å². The first kappa shape index (κ1) is 15.5. The van der Waals surface area contributed by atoms with Crippen LogP contribution in [0.1, 0.15) is 44.1 Å². The summed E-state index contributed by atoms with van der Waals surface area (Å²) in [5, 5.41) is 3.37. The Kier molecular flexibility index (Phi) is 5.49. The van der Waals surface area contributed by atoms with Crippen LogP contribution in [0.15, 0.2) is 30.3 Å². The average Bonchev–Trinajstić information content (AvgIpc) is 3.11. The lowest BCUT2D eigenvalue weighted by molar-refractivity contribution is -0.138. The lowest BCUT2D eigenvalue weighted by Crippen LogP contribution is -2.46. The van der Waals surface area contributed by atoms with Crippen molar-refractivity contribution in [1.82, 2.24) is 10.2 Å². The Morgan fingerprint density at radius 1 is 1.05 bits per heavy atom. The minimum Gasteiger partial charge on any atom is -0.339 e. The molecule has 1 saturated carbocycles. The van der Waals surface area contributed by atoms with Crippen LogP contribution in [0.2, 0.25) is 0 Å². The maximum absolute atomic E-state index is 13.0. The Bertz CT molecular complexity index is 462. The third-order valence-corrected chi connectivity index (χ3v) is 5.22. The molecule has 1 amide bonds. The summed E-state index contributed by atoms with van der Waals surface area (Å²) >= 11 is 0. The van der Waals surface area contributed by atoms with Gasteiger partial charge in [0.2, 0.25) is 5.91 Å². The summed E-state index contributed by atoms with van der Waals surface area (Å²) in [7, 11) is 0. The zero-order chi connectivity index (χ0) is 15.2. The minimum absolute atomic E-state index is 0.248. The lowest BCUT2D eigenvalue weighted by Gasteiger charge is -2.34. The average molecular weight is 300 g/mol. The Labute approximate surface area is 134 Å². The summed E-state index contributed by atoms with van der Waals surface area (Å²) in [6.07, 6.45) is 7.96. The normalized spacial score (nSPS) is 20.2. The van der Waals surface area contributed by atoms with Gasteiger partial charge in [0, 0.05) is 18.5 Å². The van der Waals surface area contributed by atoms with Gasteiger partial charge in [0.1, 0.15) is 0 Å². The van der Waals surface area contributed by atoms with Gasteiger partial charge < -0.3 is 10.2 Å². The molecule has 0 unspecified atom stereocenters. The quantitative estimate of drug-likeness (QED) is 0.906. The van der Waals surface area contributed by atoms with Crippen LogP contribution in [-0.2, 0) is 11.2 Å². The van der Waals surface area contributed by atoms with E-state index in [1.807, 2.05) is 0 Å². The van der Waals surface area contributed by atoms with Crippen LogP contribution in [0.3, 0.4) is 0 Å². The molecule has 0 spiro atoms. The van der Waals surface area contributed by atoms with Crippen molar-refractivity contribution in [3.8, 4) is 0 Å². The zero-order valence-corrected chi connectivity index (χ0v) is 13.5. The van der Waals surface area contributed by atoms with Gasteiger partial charge in [0.05, 0.1) is 0 Å². The molecule has 1 aromatic rings. The fourth-order valence-electron chi connectivity index (χ4n) is 3.89. The summed E-state index contributed by atoms with van der Waals surface area (Å²) in [5.74, 6) is 0.668. The molecule has 2 aliphatic rings. The van der Waals surface area contributed by atoms with Crippen molar-refractivity contribution < 1.29 is 4.79 Å².